The molecule has 0 saturated carbocycles. The molecule has 0 atom stereocenters. The van der Waals surface area contributed by atoms with E-state index in [9.17, 15) is 0 Å². The summed E-state index contributed by atoms with van der Waals surface area (Å²) in [7, 11) is 0. The van der Waals surface area contributed by atoms with Gasteiger partial charge in [0.15, 0.2) is 0 Å². The summed E-state index contributed by atoms with van der Waals surface area (Å²) in [6.07, 6.45) is 1.70. The van der Waals surface area contributed by atoms with Crippen molar-refractivity contribution < 1.29 is 9.15 Å². The van der Waals surface area contributed by atoms with E-state index in [2.05, 4.69) is 12.2 Å². The van der Waals surface area contributed by atoms with E-state index in [0.717, 1.165) is 46.3 Å². The van der Waals surface area contributed by atoms with Crippen molar-refractivity contribution in [3.05, 3.63) is 51.9 Å². The minimum Gasteiger partial charge on any atom is -0.489 e. The molecule has 0 saturated heterocycles. The van der Waals surface area contributed by atoms with E-state index < -0.39 is 0 Å². The van der Waals surface area contributed by atoms with Crippen LogP contribution in [0.15, 0.2) is 28.9 Å². The fraction of sp³-hybridized carbons (Fsp3) is 0.375. The molecule has 0 amide bonds. The van der Waals surface area contributed by atoms with Crippen LogP contribution in [0.4, 0.5) is 0 Å². The van der Waals surface area contributed by atoms with Crippen LogP contribution < -0.4 is 10.1 Å². The highest BCUT2D eigenvalue weighted by atomic mass is 35.5. The molecule has 0 radical (unpaired) electrons. The Balaban J connectivity index is 2.04. The molecule has 1 heterocycles. The average molecular weight is 294 g/mol. The van der Waals surface area contributed by atoms with Gasteiger partial charge >= 0.3 is 0 Å². The molecule has 0 spiro atoms. The van der Waals surface area contributed by atoms with Crippen molar-refractivity contribution in [2.24, 2.45) is 0 Å². The minimum absolute atomic E-state index is 0.498. The van der Waals surface area contributed by atoms with Gasteiger partial charge in [-0.05, 0) is 49.7 Å². The van der Waals surface area contributed by atoms with Gasteiger partial charge in [0, 0.05) is 10.6 Å². The third-order valence-electron chi connectivity index (χ3n) is 3.18. The summed E-state index contributed by atoms with van der Waals surface area (Å²) in [6.45, 7) is 8.17. The van der Waals surface area contributed by atoms with Crippen LogP contribution >= 0.6 is 11.6 Å². The highest BCUT2D eigenvalue weighted by Crippen LogP contribution is 2.26. The van der Waals surface area contributed by atoms with Crippen molar-refractivity contribution in [3.8, 4) is 5.75 Å². The lowest BCUT2D eigenvalue weighted by Gasteiger charge is -2.10. The lowest BCUT2D eigenvalue weighted by atomic mass is 10.1. The number of benzene rings is 1. The SMILES string of the molecule is CCNCc1occc1COc1cc(C)c(Cl)c(C)c1. The third-order valence-corrected chi connectivity index (χ3v) is 3.77. The monoisotopic (exact) mass is 293 g/mol. The maximum Gasteiger partial charge on any atom is 0.124 e. The predicted molar refractivity (Wildman–Crippen MR) is 81.3 cm³/mol. The second-order valence-corrected chi connectivity index (χ2v) is 5.19. The molecule has 0 bridgehead atoms. The zero-order valence-corrected chi connectivity index (χ0v) is 12.9. The van der Waals surface area contributed by atoms with E-state index >= 15 is 0 Å². The van der Waals surface area contributed by atoms with Crippen LogP contribution in [0, 0.1) is 13.8 Å². The molecule has 4 heteroatoms. The highest BCUT2D eigenvalue weighted by molar-refractivity contribution is 6.32. The fourth-order valence-corrected chi connectivity index (χ4v) is 2.15. The zero-order valence-electron chi connectivity index (χ0n) is 12.1. The van der Waals surface area contributed by atoms with Crippen LogP contribution in [-0.4, -0.2) is 6.54 Å². The molecule has 0 unspecified atom stereocenters. The Morgan fingerprint density at radius 2 is 1.95 bits per heavy atom. The molecule has 0 aliphatic rings. The number of rotatable bonds is 6. The number of ether oxygens (including phenoxy) is 1. The first-order valence-corrected chi connectivity index (χ1v) is 7.15. The van der Waals surface area contributed by atoms with Gasteiger partial charge in [-0.1, -0.05) is 18.5 Å². The van der Waals surface area contributed by atoms with Crippen LogP contribution in [0.25, 0.3) is 0 Å². The van der Waals surface area contributed by atoms with Crippen molar-refractivity contribution in [2.45, 2.75) is 33.9 Å². The Morgan fingerprint density at radius 1 is 1.25 bits per heavy atom. The normalized spacial score (nSPS) is 10.8. The van der Waals surface area contributed by atoms with Crippen molar-refractivity contribution in [2.75, 3.05) is 6.54 Å². The number of hydrogen-bond donors (Lipinski definition) is 1. The largest absolute Gasteiger partial charge is 0.489 e. The summed E-state index contributed by atoms with van der Waals surface area (Å²) in [6, 6.07) is 5.86. The molecule has 0 aliphatic heterocycles. The molecule has 1 aromatic carbocycles. The van der Waals surface area contributed by atoms with Gasteiger partial charge in [0.1, 0.15) is 18.1 Å². The van der Waals surface area contributed by atoms with Crippen LogP contribution in [0.2, 0.25) is 5.02 Å². The predicted octanol–water partition coefficient (Wildman–Crippen LogP) is 4.24. The molecule has 20 heavy (non-hydrogen) atoms. The van der Waals surface area contributed by atoms with Gasteiger partial charge in [0.2, 0.25) is 0 Å². The fourth-order valence-electron chi connectivity index (χ4n) is 2.04. The minimum atomic E-state index is 0.498. The molecule has 1 aromatic heterocycles. The molecular formula is C16H20ClNO2. The van der Waals surface area contributed by atoms with Gasteiger partial charge in [-0.15, -0.1) is 0 Å². The topological polar surface area (TPSA) is 34.4 Å². The van der Waals surface area contributed by atoms with Gasteiger partial charge in [-0.2, -0.15) is 0 Å². The molecule has 1 N–H and O–H groups in total. The molecule has 108 valence electrons. The summed E-state index contributed by atoms with van der Waals surface area (Å²) >= 11 is 6.15. The lowest BCUT2D eigenvalue weighted by molar-refractivity contribution is 0.301. The van der Waals surface area contributed by atoms with E-state index in [1.165, 1.54) is 0 Å². The quantitative estimate of drug-likeness (QED) is 0.865. The van der Waals surface area contributed by atoms with E-state index in [0.29, 0.717) is 6.61 Å². The van der Waals surface area contributed by atoms with Crippen molar-refractivity contribution >= 4 is 11.6 Å². The second-order valence-electron chi connectivity index (χ2n) is 4.81. The Labute approximate surface area is 124 Å². The molecule has 0 aliphatic carbocycles. The zero-order chi connectivity index (χ0) is 14.5. The maximum absolute atomic E-state index is 6.15. The summed E-state index contributed by atoms with van der Waals surface area (Å²) in [5, 5.41) is 4.05. The maximum atomic E-state index is 6.15. The van der Waals surface area contributed by atoms with Crippen LogP contribution in [0.5, 0.6) is 5.75 Å². The average Bonchev–Trinajstić information content (AvgIpc) is 2.87. The van der Waals surface area contributed by atoms with E-state index in [-0.39, 0.29) is 0 Å². The number of furan rings is 1. The highest BCUT2D eigenvalue weighted by Gasteiger charge is 2.08. The first kappa shape index (κ1) is 14.9. The van der Waals surface area contributed by atoms with E-state index in [1.54, 1.807) is 6.26 Å². The second kappa shape index (κ2) is 6.82. The van der Waals surface area contributed by atoms with Gasteiger partial charge in [0.05, 0.1) is 12.8 Å². The van der Waals surface area contributed by atoms with E-state index in [4.69, 9.17) is 20.8 Å². The Kier molecular flexibility index (Phi) is 5.10. The van der Waals surface area contributed by atoms with Crippen LogP contribution in [0.3, 0.4) is 0 Å². The molecule has 2 aromatic rings. The Hall–Kier alpha value is -1.45. The molecular weight excluding hydrogens is 274 g/mol. The first-order valence-electron chi connectivity index (χ1n) is 6.77. The number of halogens is 1. The van der Waals surface area contributed by atoms with Crippen LogP contribution in [0.1, 0.15) is 29.4 Å². The third kappa shape index (κ3) is 3.56. The van der Waals surface area contributed by atoms with Crippen molar-refractivity contribution in [3.63, 3.8) is 0 Å². The first-order chi connectivity index (χ1) is 9.61. The summed E-state index contributed by atoms with van der Waals surface area (Å²) in [4.78, 5) is 0. The Morgan fingerprint density at radius 3 is 2.60 bits per heavy atom. The number of hydrogen-bond acceptors (Lipinski definition) is 3. The van der Waals surface area contributed by atoms with Crippen LogP contribution in [-0.2, 0) is 13.2 Å². The van der Waals surface area contributed by atoms with Crippen molar-refractivity contribution in [1.82, 2.24) is 5.32 Å². The Bertz CT molecular complexity index is 555. The summed E-state index contributed by atoms with van der Waals surface area (Å²) < 4.78 is 11.3. The van der Waals surface area contributed by atoms with Gasteiger partial charge in [0.25, 0.3) is 0 Å². The molecule has 3 nitrogen and oxygen atoms in total. The van der Waals surface area contributed by atoms with Crippen molar-refractivity contribution in [1.29, 1.82) is 0 Å². The van der Waals surface area contributed by atoms with Gasteiger partial charge in [-0.3, -0.25) is 0 Å². The lowest BCUT2D eigenvalue weighted by Crippen LogP contribution is -2.12. The number of nitrogens with one attached hydrogen (secondary N) is 1. The number of aryl methyl sites for hydroxylation is 2. The smallest absolute Gasteiger partial charge is 0.124 e. The summed E-state index contributed by atoms with van der Waals surface area (Å²) in [5.74, 6) is 1.76. The standard InChI is InChI=1S/C16H20ClNO2/c1-4-18-9-15-13(5-6-19-15)10-20-14-7-11(2)16(17)12(3)8-14/h5-8,18H,4,9-10H2,1-3H3. The summed E-state index contributed by atoms with van der Waals surface area (Å²) in [5.41, 5.74) is 3.12. The molecule has 2 rings (SSSR count). The molecule has 0 fully saturated rings. The van der Waals surface area contributed by atoms with Gasteiger partial charge in [-0.25, -0.2) is 0 Å². The van der Waals surface area contributed by atoms with E-state index in [1.807, 2.05) is 32.0 Å². The van der Waals surface area contributed by atoms with Gasteiger partial charge < -0.3 is 14.5 Å².